The van der Waals surface area contributed by atoms with Gasteiger partial charge in [0, 0.05) is 58.9 Å². The molecule has 5 aromatic rings. The Morgan fingerprint density at radius 1 is 1.03 bits per heavy atom. The Morgan fingerprint density at radius 2 is 1.94 bits per heavy atom. The second-order valence-corrected chi connectivity index (χ2v) is 9.28. The standard InChI is InChI=1S/C27H21BrN6O/c28-20-6-3-5-19(15-20)25-23(17-34(32-25)24-8-1-2-11-29-24)27(35)33-13-9-18(10-14-33)22-16-31-26-21(22)7-4-12-30-26/h1-9,11-12,15-17H,10,13-14H2,(H,30,31). The number of hydrogen-bond acceptors (Lipinski definition) is 4. The van der Waals surface area contributed by atoms with E-state index in [2.05, 4.69) is 43.0 Å². The summed E-state index contributed by atoms with van der Waals surface area (Å²) in [5.41, 5.74) is 5.32. The Labute approximate surface area is 210 Å². The molecule has 1 aromatic carbocycles. The molecule has 1 N–H and O–H groups in total. The average molecular weight is 525 g/mol. The van der Waals surface area contributed by atoms with Gasteiger partial charge in [-0.05, 0) is 48.4 Å². The smallest absolute Gasteiger partial charge is 0.258 e. The van der Waals surface area contributed by atoms with Crippen molar-refractivity contribution in [2.75, 3.05) is 13.1 Å². The minimum absolute atomic E-state index is 0.0435. The maximum atomic E-state index is 13.7. The van der Waals surface area contributed by atoms with Gasteiger partial charge < -0.3 is 9.88 Å². The number of hydrogen-bond donors (Lipinski definition) is 1. The molecule has 172 valence electrons. The summed E-state index contributed by atoms with van der Waals surface area (Å²) in [6.07, 6.45) is 10.2. The van der Waals surface area contributed by atoms with Crippen LogP contribution in [0.1, 0.15) is 22.3 Å². The number of aromatic amines is 1. The van der Waals surface area contributed by atoms with Crippen LogP contribution in [0.5, 0.6) is 0 Å². The second-order valence-electron chi connectivity index (χ2n) is 8.37. The van der Waals surface area contributed by atoms with Crippen LogP contribution in [0.3, 0.4) is 0 Å². The summed E-state index contributed by atoms with van der Waals surface area (Å²) >= 11 is 3.53. The lowest BCUT2D eigenvalue weighted by Gasteiger charge is -2.26. The lowest BCUT2D eigenvalue weighted by atomic mass is 9.99. The van der Waals surface area contributed by atoms with Crippen LogP contribution in [0.15, 0.2) is 89.9 Å². The van der Waals surface area contributed by atoms with Crippen molar-refractivity contribution in [2.24, 2.45) is 0 Å². The number of nitrogens with zero attached hydrogens (tertiary/aromatic N) is 5. The lowest BCUT2D eigenvalue weighted by molar-refractivity contribution is 0.0773. The van der Waals surface area contributed by atoms with E-state index < -0.39 is 0 Å². The van der Waals surface area contributed by atoms with Gasteiger partial charge in [0.05, 0.1) is 5.56 Å². The van der Waals surface area contributed by atoms with Crippen molar-refractivity contribution < 1.29 is 4.79 Å². The van der Waals surface area contributed by atoms with Gasteiger partial charge in [0.2, 0.25) is 0 Å². The van der Waals surface area contributed by atoms with Crippen LogP contribution in [0.4, 0.5) is 0 Å². The number of rotatable bonds is 4. The van der Waals surface area contributed by atoms with Crippen LogP contribution in [-0.4, -0.2) is 48.6 Å². The SMILES string of the molecule is O=C(c1cn(-c2ccccn2)nc1-c1cccc(Br)c1)N1CC=C(c2c[nH]c3ncccc23)CC1. The van der Waals surface area contributed by atoms with E-state index in [9.17, 15) is 4.79 Å². The van der Waals surface area contributed by atoms with Gasteiger partial charge in [0.15, 0.2) is 5.82 Å². The molecule has 35 heavy (non-hydrogen) atoms. The predicted molar refractivity (Wildman–Crippen MR) is 139 cm³/mol. The van der Waals surface area contributed by atoms with Gasteiger partial charge in [-0.1, -0.05) is 40.2 Å². The average Bonchev–Trinajstić information content (AvgIpc) is 3.54. The highest BCUT2D eigenvalue weighted by atomic mass is 79.9. The zero-order valence-corrected chi connectivity index (χ0v) is 20.3. The van der Waals surface area contributed by atoms with Gasteiger partial charge in [-0.15, -0.1) is 0 Å². The van der Waals surface area contributed by atoms with E-state index in [0.29, 0.717) is 30.2 Å². The minimum atomic E-state index is -0.0435. The van der Waals surface area contributed by atoms with Crippen molar-refractivity contribution in [1.29, 1.82) is 0 Å². The largest absolute Gasteiger partial charge is 0.346 e. The molecule has 1 aliphatic heterocycles. The van der Waals surface area contributed by atoms with Gasteiger partial charge >= 0.3 is 0 Å². The quantitative estimate of drug-likeness (QED) is 0.336. The molecule has 5 heterocycles. The third-order valence-corrected chi connectivity index (χ3v) is 6.71. The first-order valence-corrected chi connectivity index (χ1v) is 12.1. The number of pyridine rings is 2. The molecule has 6 rings (SSSR count). The first-order valence-electron chi connectivity index (χ1n) is 11.4. The molecule has 7 nitrogen and oxygen atoms in total. The molecule has 0 atom stereocenters. The fraction of sp³-hybridized carbons (Fsp3) is 0.111. The number of benzene rings is 1. The fourth-order valence-electron chi connectivity index (χ4n) is 4.48. The van der Waals surface area contributed by atoms with Crippen molar-refractivity contribution >= 4 is 38.4 Å². The second kappa shape index (κ2) is 8.96. The summed E-state index contributed by atoms with van der Waals surface area (Å²) < 4.78 is 2.60. The maximum absolute atomic E-state index is 13.7. The van der Waals surface area contributed by atoms with Gasteiger partial charge in [-0.2, -0.15) is 5.10 Å². The van der Waals surface area contributed by atoms with Crippen LogP contribution in [0.25, 0.3) is 33.7 Å². The number of nitrogens with one attached hydrogen (secondary N) is 1. The zero-order valence-electron chi connectivity index (χ0n) is 18.7. The molecular formula is C27H21BrN6O. The van der Waals surface area contributed by atoms with Crippen molar-refractivity contribution in [1.82, 2.24) is 29.6 Å². The first-order chi connectivity index (χ1) is 17.2. The minimum Gasteiger partial charge on any atom is -0.346 e. The highest BCUT2D eigenvalue weighted by molar-refractivity contribution is 9.10. The van der Waals surface area contributed by atoms with Gasteiger partial charge in [0.1, 0.15) is 11.3 Å². The fourth-order valence-corrected chi connectivity index (χ4v) is 4.88. The molecule has 0 radical (unpaired) electrons. The molecule has 1 aliphatic rings. The third kappa shape index (κ3) is 4.06. The summed E-state index contributed by atoms with van der Waals surface area (Å²) in [7, 11) is 0. The van der Waals surface area contributed by atoms with Crippen molar-refractivity contribution in [3.05, 3.63) is 101 Å². The number of halogens is 1. The van der Waals surface area contributed by atoms with Crippen LogP contribution in [0, 0.1) is 0 Å². The monoisotopic (exact) mass is 524 g/mol. The normalized spacial score (nSPS) is 13.7. The molecule has 0 spiro atoms. The summed E-state index contributed by atoms with van der Waals surface area (Å²) in [6, 6.07) is 17.5. The number of aromatic nitrogens is 5. The Morgan fingerprint density at radius 3 is 2.74 bits per heavy atom. The Hall–Kier alpha value is -4.04. The molecule has 8 heteroatoms. The Balaban J connectivity index is 1.33. The zero-order chi connectivity index (χ0) is 23.8. The number of carbonyl (C=O) groups excluding carboxylic acids is 1. The van der Waals surface area contributed by atoms with Gasteiger partial charge in [-0.25, -0.2) is 14.6 Å². The van der Waals surface area contributed by atoms with E-state index in [1.54, 1.807) is 23.3 Å². The van der Waals surface area contributed by atoms with Crippen LogP contribution < -0.4 is 0 Å². The van der Waals surface area contributed by atoms with Crippen LogP contribution in [-0.2, 0) is 0 Å². The van der Waals surface area contributed by atoms with Gasteiger partial charge in [-0.3, -0.25) is 4.79 Å². The van der Waals surface area contributed by atoms with Crippen molar-refractivity contribution in [2.45, 2.75) is 6.42 Å². The van der Waals surface area contributed by atoms with Crippen molar-refractivity contribution in [3.63, 3.8) is 0 Å². The van der Waals surface area contributed by atoms with E-state index in [-0.39, 0.29) is 5.91 Å². The lowest BCUT2D eigenvalue weighted by Crippen LogP contribution is -2.34. The summed E-state index contributed by atoms with van der Waals surface area (Å²) in [4.78, 5) is 27.6. The first kappa shape index (κ1) is 21.5. The molecule has 0 saturated carbocycles. The highest BCUT2D eigenvalue weighted by Crippen LogP contribution is 2.31. The number of carbonyl (C=O) groups is 1. The maximum Gasteiger partial charge on any atom is 0.258 e. The Kier molecular flexibility index (Phi) is 5.50. The van der Waals surface area contributed by atoms with Crippen LogP contribution in [0.2, 0.25) is 0 Å². The van der Waals surface area contributed by atoms with E-state index >= 15 is 0 Å². The van der Waals surface area contributed by atoms with E-state index in [1.807, 2.05) is 59.6 Å². The number of H-pyrrole nitrogens is 1. The molecule has 0 saturated heterocycles. The molecule has 0 unspecified atom stereocenters. The van der Waals surface area contributed by atoms with Crippen LogP contribution >= 0.6 is 15.9 Å². The molecule has 0 aliphatic carbocycles. The molecule has 1 amide bonds. The van der Waals surface area contributed by atoms with Crippen molar-refractivity contribution in [3.8, 4) is 17.1 Å². The number of amides is 1. The molecular weight excluding hydrogens is 504 g/mol. The third-order valence-electron chi connectivity index (χ3n) is 6.22. The van der Waals surface area contributed by atoms with E-state index in [0.717, 1.165) is 33.1 Å². The Bertz CT molecular complexity index is 1570. The number of fused-ring (bicyclic) bond motifs is 1. The van der Waals surface area contributed by atoms with E-state index in [4.69, 9.17) is 5.10 Å². The highest BCUT2D eigenvalue weighted by Gasteiger charge is 2.26. The summed E-state index contributed by atoms with van der Waals surface area (Å²) in [6.45, 7) is 1.16. The predicted octanol–water partition coefficient (Wildman–Crippen LogP) is 5.50. The summed E-state index contributed by atoms with van der Waals surface area (Å²) in [5, 5.41) is 5.86. The summed E-state index contributed by atoms with van der Waals surface area (Å²) in [5.74, 6) is 0.620. The van der Waals surface area contributed by atoms with E-state index in [1.165, 1.54) is 5.57 Å². The molecule has 0 fully saturated rings. The molecule has 0 bridgehead atoms. The topological polar surface area (TPSA) is 79.7 Å². The van der Waals surface area contributed by atoms with Gasteiger partial charge in [0.25, 0.3) is 5.91 Å². The molecule has 4 aromatic heterocycles.